The Morgan fingerprint density at radius 1 is 1.00 bits per heavy atom. The van der Waals surface area contributed by atoms with E-state index >= 15 is 0 Å². The topological polar surface area (TPSA) is 72.9 Å². The van der Waals surface area contributed by atoms with Crippen molar-refractivity contribution in [2.24, 2.45) is 0 Å². The number of hydrogen-bond donors (Lipinski definition) is 0. The van der Waals surface area contributed by atoms with E-state index in [0.717, 1.165) is 11.8 Å². The highest BCUT2D eigenvalue weighted by molar-refractivity contribution is 8.27. The maximum atomic E-state index is 13.6. The number of carbonyl (C=O) groups excluding carboxylic acids is 1. The maximum absolute atomic E-state index is 13.6. The predicted octanol–water partition coefficient (Wildman–Crippen LogP) is 5.01. The Balaban J connectivity index is 1.60. The molecule has 1 amide bonds. The van der Waals surface area contributed by atoms with Gasteiger partial charge in [-0.15, -0.1) is 0 Å². The van der Waals surface area contributed by atoms with Crippen molar-refractivity contribution >= 4 is 56.1 Å². The van der Waals surface area contributed by atoms with Crippen LogP contribution in [0.2, 0.25) is 0 Å². The summed E-state index contributed by atoms with van der Waals surface area (Å²) in [5.41, 5.74) is 0.907. The van der Waals surface area contributed by atoms with Gasteiger partial charge in [0.15, 0.2) is 15.8 Å². The van der Waals surface area contributed by atoms with Gasteiger partial charge in [0.2, 0.25) is 0 Å². The van der Waals surface area contributed by atoms with Crippen molar-refractivity contribution in [3.05, 3.63) is 89.1 Å². The third kappa shape index (κ3) is 4.92. The van der Waals surface area contributed by atoms with Crippen LogP contribution in [-0.2, 0) is 14.9 Å². The van der Waals surface area contributed by atoms with E-state index in [4.69, 9.17) is 21.1 Å². The smallest absolute Gasteiger partial charge is 0.339 e. The normalized spacial score (nSPS) is 15.2. The molecule has 3 aromatic carbocycles. The van der Waals surface area contributed by atoms with E-state index in [1.807, 2.05) is 0 Å². The number of thioether (sulfide) groups is 1. The van der Waals surface area contributed by atoms with Crippen LogP contribution in [0.3, 0.4) is 0 Å². The lowest BCUT2D eigenvalue weighted by Gasteiger charge is -2.14. The number of rotatable bonds is 6. The second kappa shape index (κ2) is 9.34. The third-order valence-electron chi connectivity index (χ3n) is 4.58. The molecular formula is C23H16FNO5S3. The lowest BCUT2D eigenvalue weighted by atomic mass is 10.2. The largest absolute Gasteiger partial charge is 0.493 e. The van der Waals surface area contributed by atoms with Gasteiger partial charge in [-0.05, 0) is 54.1 Å². The Morgan fingerprint density at radius 2 is 1.76 bits per heavy atom. The number of thiocarbonyl (C=S) groups is 1. The molecule has 33 heavy (non-hydrogen) atoms. The van der Waals surface area contributed by atoms with Gasteiger partial charge in [-0.3, -0.25) is 9.69 Å². The van der Waals surface area contributed by atoms with Crippen molar-refractivity contribution in [3.8, 4) is 11.5 Å². The van der Waals surface area contributed by atoms with E-state index in [2.05, 4.69) is 0 Å². The fourth-order valence-corrected chi connectivity index (χ4v) is 5.31. The van der Waals surface area contributed by atoms with Gasteiger partial charge in [-0.25, -0.2) is 4.39 Å². The first-order valence-corrected chi connectivity index (χ1v) is 12.1. The minimum absolute atomic E-state index is 0.00538. The standard InChI is InChI=1S/C23H16FNO5S3/c1-29-20-12-15(10-11-19(20)30-33(27,28)18-8-3-2-4-9-18)13-21-22(26)25(23(31)32-21)17-7-5-6-16(24)14-17/h2-14H,1H3/b21-13+. The average molecular weight is 502 g/mol. The predicted molar refractivity (Wildman–Crippen MR) is 129 cm³/mol. The summed E-state index contributed by atoms with van der Waals surface area (Å²) in [6.07, 6.45) is 1.59. The van der Waals surface area contributed by atoms with Crippen molar-refractivity contribution in [2.75, 3.05) is 12.0 Å². The summed E-state index contributed by atoms with van der Waals surface area (Å²) < 4.78 is 49.5. The minimum Gasteiger partial charge on any atom is -0.493 e. The quantitative estimate of drug-likeness (QED) is 0.267. The highest BCUT2D eigenvalue weighted by atomic mass is 32.2. The van der Waals surface area contributed by atoms with Crippen LogP contribution in [0.25, 0.3) is 6.08 Å². The Morgan fingerprint density at radius 3 is 2.45 bits per heavy atom. The van der Waals surface area contributed by atoms with Gasteiger partial charge in [-0.1, -0.05) is 54.3 Å². The molecule has 1 heterocycles. The molecule has 0 spiro atoms. The van der Waals surface area contributed by atoms with Gasteiger partial charge in [-0.2, -0.15) is 8.42 Å². The molecule has 6 nitrogen and oxygen atoms in total. The van der Waals surface area contributed by atoms with E-state index in [9.17, 15) is 17.6 Å². The fraction of sp³-hybridized carbons (Fsp3) is 0.0435. The van der Waals surface area contributed by atoms with Crippen molar-refractivity contribution in [1.82, 2.24) is 0 Å². The van der Waals surface area contributed by atoms with Gasteiger partial charge >= 0.3 is 10.1 Å². The Hall–Kier alpha value is -3.21. The van der Waals surface area contributed by atoms with Crippen LogP contribution in [0, 0.1) is 5.82 Å². The molecular weight excluding hydrogens is 485 g/mol. The molecule has 0 unspecified atom stereocenters. The first-order valence-electron chi connectivity index (χ1n) is 9.49. The molecule has 1 fully saturated rings. The number of carbonyl (C=O) groups is 1. The van der Waals surface area contributed by atoms with E-state index in [1.54, 1.807) is 42.5 Å². The van der Waals surface area contributed by atoms with Crippen LogP contribution in [0.4, 0.5) is 10.1 Å². The van der Waals surface area contributed by atoms with Crippen LogP contribution < -0.4 is 13.8 Å². The maximum Gasteiger partial charge on any atom is 0.339 e. The highest BCUT2D eigenvalue weighted by Crippen LogP contribution is 2.37. The van der Waals surface area contributed by atoms with Gasteiger partial charge in [0, 0.05) is 0 Å². The number of methoxy groups -OCH3 is 1. The Bertz CT molecular complexity index is 1370. The Kier molecular flexibility index (Phi) is 6.50. The number of hydrogen-bond acceptors (Lipinski definition) is 7. The summed E-state index contributed by atoms with van der Waals surface area (Å²) in [5.74, 6) is -0.687. The number of anilines is 1. The van der Waals surface area contributed by atoms with Crippen LogP contribution in [0.1, 0.15) is 5.56 Å². The van der Waals surface area contributed by atoms with Crippen LogP contribution in [0.5, 0.6) is 11.5 Å². The monoisotopic (exact) mass is 501 g/mol. The second-order valence-corrected chi connectivity index (χ2v) is 9.98. The van der Waals surface area contributed by atoms with Crippen LogP contribution >= 0.6 is 24.0 Å². The molecule has 0 bridgehead atoms. The number of ether oxygens (including phenoxy) is 1. The van der Waals surface area contributed by atoms with E-state index in [1.165, 1.54) is 48.4 Å². The van der Waals surface area contributed by atoms with Crippen LogP contribution in [0.15, 0.2) is 82.6 Å². The molecule has 1 aliphatic rings. The molecule has 0 N–H and O–H groups in total. The molecule has 0 aromatic heterocycles. The number of benzene rings is 3. The highest BCUT2D eigenvalue weighted by Gasteiger charge is 2.33. The van der Waals surface area contributed by atoms with Gasteiger partial charge in [0.05, 0.1) is 17.7 Å². The molecule has 0 aliphatic carbocycles. The lowest BCUT2D eigenvalue weighted by Crippen LogP contribution is -2.27. The molecule has 0 saturated carbocycles. The van der Waals surface area contributed by atoms with Crippen molar-refractivity contribution in [2.45, 2.75) is 4.90 Å². The third-order valence-corrected chi connectivity index (χ3v) is 7.13. The Labute approximate surface area is 199 Å². The molecule has 0 atom stereocenters. The van der Waals surface area contributed by atoms with Crippen molar-refractivity contribution in [1.29, 1.82) is 0 Å². The molecule has 0 radical (unpaired) electrons. The summed E-state index contributed by atoms with van der Waals surface area (Å²) >= 11 is 6.39. The number of amides is 1. The first kappa shape index (κ1) is 23.0. The van der Waals surface area contributed by atoms with E-state index < -0.39 is 15.9 Å². The molecule has 1 saturated heterocycles. The van der Waals surface area contributed by atoms with Gasteiger partial charge < -0.3 is 8.92 Å². The molecule has 10 heteroatoms. The first-order chi connectivity index (χ1) is 15.8. The van der Waals surface area contributed by atoms with Gasteiger partial charge in [0.1, 0.15) is 10.7 Å². The van der Waals surface area contributed by atoms with E-state index in [-0.39, 0.29) is 26.6 Å². The lowest BCUT2D eigenvalue weighted by molar-refractivity contribution is -0.113. The van der Waals surface area contributed by atoms with Crippen molar-refractivity contribution in [3.63, 3.8) is 0 Å². The second-order valence-electron chi connectivity index (χ2n) is 6.76. The fourth-order valence-electron chi connectivity index (χ4n) is 3.05. The summed E-state index contributed by atoms with van der Waals surface area (Å²) in [5, 5.41) is 0. The summed E-state index contributed by atoms with van der Waals surface area (Å²) in [6.45, 7) is 0. The zero-order valence-corrected chi connectivity index (χ0v) is 19.5. The van der Waals surface area contributed by atoms with Crippen molar-refractivity contribution < 1.29 is 26.5 Å². The van der Waals surface area contributed by atoms with Gasteiger partial charge in [0.25, 0.3) is 5.91 Å². The zero-order chi connectivity index (χ0) is 23.6. The summed E-state index contributed by atoms with van der Waals surface area (Å²) in [6, 6.07) is 17.9. The SMILES string of the molecule is COc1cc(/C=C2/SC(=S)N(c3cccc(F)c3)C2=O)ccc1OS(=O)(=O)c1ccccc1. The minimum atomic E-state index is -4.05. The molecule has 4 rings (SSSR count). The molecule has 168 valence electrons. The summed E-state index contributed by atoms with van der Waals surface area (Å²) in [4.78, 5) is 14.5. The molecule has 1 aliphatic heterocycles. The summed E-state index contributed by atoms with van der Waals surface area (Å²) in [7, 11) is -2.67. The van der Waals surface area contributed by atoms with E-state index in [0.29, 0.717) is 16.2 Å². The number of halogens is 1. The average Bonchev–Trinajstić information content (AvgIpc) is 3.07. The number of nitrogens with zero attached hydrogens (tertiary/aromatic N) is 1. The van der Waals surface area contributed by atoms with Crippen LogP contribution in [-0.4, -0.2) is 25.8 Å². The zero-order valence-electron chi connectivity index (χ0n) is 17.1. The molecule has 3 aromatic rings.